The lowest BCUT2D eigenvalue weighted by Gasteiger charge is -2.18. The molecule has 3 heteroatoms. The number of aliphatic hydroxyl groups excluding tert-OH is 1. The molecule has 1 aromatic carbocycles. The number of nitrogens with one attached hydrogen (secondary N) is 1. The molecule has 0 saturated carbocycles. The normalized spacial score (nSPS) is 12.6. The molecule has 0 spiro atoms. The first kappa shape index (κ1) is 14.7. The van der Waals surface area contributed by atoms with Crippen LogP contribution in [0.25, 0.3) is 0 Å². The van der Waals surface area contributed by atoms with Gasteiger partial charge in [-0.25, -0.2) is 0 Å². The molecule has 0 heterocycles. The van der Waals surface area contributed by atoms with Gasteiger partial charge in [0.25, 0.3) is 5.91 Å². The van der Waals surface area contributed by atoms with E-state index in [-0.39, 0.29) is 18.6 Å². The summed E-state index contributed by atoms with van der Waals surface area (Å²) in [6.45, 7) is 8.14. The Kier molecular flexibility index (Phi) is 5.35. The van der Waals surface area contributed by atoms with Crippen LogP contribution >= 0.6 is 0 Å². The molecule has 2 N–H and O–H groups in total. The number of carbonyl (C=O) groups excluding carboxylic acids is 1. The number of aryl methyl sites for hydroxylation is 2. The number of benzene rings is 1. The van der Waals surface area contributed by atoms with Crippen molar-refractivity contribution in [3.63, 3.8) is 0 Å². The first-order valence-electron chi connectivity index (χ1n) is 6.43. The van der Waals surface area contributed by atoms with Crippen LogP contribution in [0.4, 0.5) is 0 Å². The average molecular weight is 249 g/mol. The standard InChI is InChI=1S/C15H23NO2/c1-10(2)7-14(9-17)16-15(18)13-6-5-11(3)12(4)8-13/h5-6,8,10,14,17H,7,9H2,1-4H3,(H,16,18)/t14-/m0/s1. The van der Waals surface area contributed by atoms with Crippen LogP contribution in [0.2, 0.25) is 0 Å². The van der Waals surface area contributed by atoms with Gasteiger partial charge in [0.1, 0.15) is 0 Å². The SMILES string of the molecule is Cc1ccc(C(=O)N[C@H](CO)CC(C)C)cc1C. The molecule has 0 aromatic heterocycles. The van der Waals surface area contributed by atoms with Gasteiger partial charge in [-0.15, -0.1) is 0 Å². The fourth-order valence-corrected chi connectivity index (χ4v) is 1.90. The summed E-state index contributed by atoms with van der Waals surface area (Å²) >= 11 is 0. The summed E-state index contributed by atoms with van der Waals surface area (Å²) in [4.78, 5) is 12.0. The Bertz CT molecular complexity index is 413. The quantitative estimate of drug-likeness (QED) is 0.842. The molecule has 100 valence electrons. The van der Waals surface area contributed by atoms with Crippen molar-refractivity contribution in [3.8, 4) is 0 Å². The maximum atomic E-state index is 12.0. The smallest absolute Gasteiger partial charge is 0.251 e. The van der Waals surface area contributed by atoms with Crippen LogP contribution < -0.4 is 5.32 Å². The van der Waals surface area contributed by atoms with E-state index in [4.69, 9.17) is 0 Å². The van der Waals surface area contributed by atoms with E-state index in [1.54, 1.807) is 0 Å². The predicted molar refractivity (Wildman–Crippen MR) is 73.7 cm³/mol. The number of hydrogen-bond acceptors (Lipinski definition) is 2. The zero-order valence-corrected chi connectivity index (χ0v) is 11.7. The fraction of sp³-hybridized carbons (Fsp3) is 0.533. The van der Waals surface area contributed by atoms with Crippen LogP contribution in [0.3, 0.4) is 0 Å². The lowest BCUT2D eigenvalue weighted by atomic mass is 10.0. The van der Waals surface area contributed by atoms with Crippen LogP contribution in [0, 0.1) is 19.8 Å². The first-order valence-corrected chi connectivity index (χ1v) is 6.43. The second-order valence-corrected chi connectivity index (χ2v) is 5.28. The number of rotatable bonds is 5. The van der Waals surface area contributed by atoms with Gasteiger partial charge < -0.3 is 10.4 Å². The molecule has 0 fully saturated rings. The van der Waals surface area contributed by atoms with Crippen LogP contribution in [0.5, 0.6) is 0 Å². The lowest BCUT2D eigenvalue weighted by molar-refractivity contribution is 0.0908. The summed E-state index contributed by atoms with van der Waals surface area (Å²) in [6.07, 6.45) is 0.785. The highest BCUT2D eigenvalue weighted by Crippen LogP contribution is 2.11. The molecule has 0 aliphatic carbocycles. The van der Waals surface area contributed by atoms with Gasteiger partial charge in [-0.3, -0.25) is 4.79 Å². The minimum Gasteiger partial charge on any atom is -0.394 e. The molecule has 18 heavy (non-hydrogen) atoms. The van der Waals surface area contributed by atoms with Gasteiger partial charge in [-0.05, 0) is 49.4 Å². The largest absolute Gasteiger partial charge is 0.394 e. The van der Waals surface area contributed by atoms with Crippen molar-refractivity contribution in [3.05, 3.63) is 34.9 Å². The Balaban J connectivity index is 2.71. The van der Waals surface area contributed by atoms with Crippen molar-refractivity contribution in [2.75, 3.05) is 6.61 Å². The second-order valence-electron chi connectivity index (χ2n) is 5.28. The maximum Gasteiger partial charge on any atom is 0.251 e. The molecule has 1 amide bonds. The Morgan fingerprint density at radius 1 is 1.28 bits per heavy atom. The molecule has 3 nitrogen and oxygen atoms in total. The van der Waals surface area contributed by atoms with Gasteiger partial charge in [0.15, 0.2) is 0 Å². The Hall–Kier alpha value is -1.35. The van der Waals surface area contributed by atoms with Crippen LogP contribution in [0.15, 0.2) is 18.2 Å². The van der Waals surface area contributed by atoms with Gasteiger partial charge >= 0.3 is 0 Å². The molecule has 0 unspecified atom stereocenters. The average Bonchev–Trinajstić information content (AvgIpc) is 2.31. The topological polar surface area (TPSA) is 49.3 Å². The van der Waals surface area contributed by atoms with Crippen molar-refractivity contribution in [1.82, 2.24) is 5.32 Å². The molecule has 0 aliphatic heterocycles. The molecular weight excluding hydrogens is 226 g/mol. The zero-order chi connectivity index (χ0) is 13.7. The van der Waals surface area contributed by atoms with Crippen molar-refractivity contribution in [2.24, 2.45) is 5.92 Å². The first-order chi connectivity index (χ1) is 8.43. The van der Waals surface area contributed by atoms with Crippen molar-refractivity contribution in [1.29, 1.82) is 0 Å². The van der Waals surface area contributed by atoms with Gasteiger partial charge in [0, 0.05) is 5.56 Å². The van der Waals surface area contributed by atoms with Gasteiger partial charge in [0.05, 0.1) is 12.6 Å². The minimum atomic E-state index is -0.167. The highest BCUT2D eigenvalue weighted by Gasteiger charge is 2.14. The van der Waals surface area contributed by atoms with Crippen molar-refractivity contribution >= 4 is 5.91 Å². The van der Waals surface area contributed by atoms with Crippen LogP contribution in [-0.2, 0) is 0 Å². The van der Waals surface area contributed by atoms with E-state index in [0.717, 1.165) is 12.0 Å². The third kappa shape index (κ3) is 4.15. The highest BCUT2D eigenvalue weighted by molar-refractivity contribution is 5.94. The fourth-order valence-electron chi connectivity index (χ4n) is 1.90. The molecule has 0 bridgehead atoms. The highest BCUT2D eigenvalue weighted by atomic mass is 16.3. The Morgan fingerprint density at radius 2 is 1.94 bits per heavy atom. The van der Waals surface area contributed by atoms with E-state index >= 15 is 0 Å². The van der Waals surface area contributed by atoms with E-state index in [1.165, 1.54) is 5.56 Å². The summed E-state index contributed by atoms with van der Waals surface area (Å²) in [5.41, 5.74) is 2.93. The van der Waals surface area contributed by atoms with E-state index in [1.807, 2.05) is 32.0 Å². The summed E-state index contributed by atoms with van der Waals surface area (Å²) in [7, 11) is 0. The second kappa shape index (κ2) is 6.55. The predicted octanol–water partition coefficient (Wildman–Crippen LogP) is 2.44. The molecule has 0 radical (unpaired) electrons. The van der Waals surface area contributed by atoms with Crippen LogP contribution in [0.1, 0.15) is 41.8 Å². The van der Waals surface area contributed by atoms with Gasteiger partial charge in [-0.2, -0.15) is 0 Å². The summed E-state index contributed by atoms with van der Waals surface area (Å²) < 4.78 is 0. The Morgan fingerprint density at radius 3 is 2.44 bits per heavy atom. The molecular formula is C15H23NO2. The third-order valence-corrected chi connectivity index (χ3v) is 3.08. The third-order valence-electron chi connectivity index (χ3n) is 3.08. The molecule has 1 atom stereocenters. The van der Waals surface area contributed by atoms with Crippen LogP contribution in [-0.4, -0.2) is 23.7 Å². The maximum absolute atomic E-state index is 12.0. The molecule has 0 saturated heterocycles. The lowest BCUT2D eigenvalue weighted by Crippen LogP contribution is -2.38. The van der Waals surface area contributed by atoms with E-state index in [2.05, 4.69) is 19.2 Å². The minimum absolute atomic E-state index is 0.0191. The Labute approximate surface area is 109 Å². The number of amides is 1. The zero-order valence-electron chi connectivity index (χ0n) is 11.7. The monoisotopic (exact) mass is 249 g/mol. The number of aliphatic hydroxyl groups is 1. The number of carbonyl (C=O) groups is 1. The summed E-state index contributed by atoms with van der Waals surface area (Å²) in [6, 6.07) is 5.48. The van der Waals surface area contributed by atoms with E-state index < -0.39 is 0 Å². The molecule has 1 aromatic rings. The van der Waals surface area contributed by atoms with Gasteiger partial charge in [0.2, 0.25) is 0 Å². The molecule has 0 aliphatic rings. The van der Waals surface area contributed by atoms with Gasteiger partial charge in [-0.1, -0.05) is 19.9 Å². The summed E-state index contributed by atoms with van der Waals surface area (Å²) in [5.74, 6) is 0.333. The van der Waals surface area contributed by atoms with Crippen molar-refractivity contribution in [2.45, 2.75) is 40.2 Å². The van der Waals surface area contributed by atoms with E-state index in [9.17, 15) is 9.90 Å². The molecule has 1 rings (SSSR count). The summed E-state index contributed by atoms with van der Waals surface area (Å²) in [5, 5.41) is 12.1. The van der Waals surface area contributed by atoms with Crippen molar-refractivity contribution < 1.29 is 9.90 Å². The van der Waals surface area contributed by atoms with E-state index in [0.29, 0.717) is 11.5 Å². The number of hydrogen-bond donors (Lipinski definition) is 2.